The Hall–Kier alpha value is -4.13. The Morgan fingerprint density at radius 2 is 1.78 bits per heavy atom. The lowest BCUT2D eigenvalue weighted by Crippen LogP contribution is -2.26. The number of aromatic nitrogens is 1. The largest absolute Gasteiger partial charge is 0.586 e. The van der Waals surface area contributed by atoms with Crippen LogP contribution >= 0.6 is 0 Å². The molecule has 0 bridgehead atoms. The second kappa shape index (κ2) is 7.43. The van der Waals surface area contributed by atoms with E-state index < -0.39 is 11.7 Å². The van der Waals surface area contributed by atoms with E-state index in [2.05, 4.69) is 32.7 Å². The standard InChI is InChI=1S/C29H20F2N2O3/c30-29(31)35-24-8-7-21(13-25(24)36-29)28(9-10-28)26(34)14-22-12-17-3-1-2-4-23(17)27(33-22)18-5-6-19-15-32-16-20(19)11-18/h1-8,11-13,16H,9-10,14-15H2. The molecule has 7 rings (SSSR count). The number of hydrogen-bond donors (Lipinski definition) is 0. The summed E-state index contributed by atoms with van der Waals surface area (Å²) in [6.45, 7) is 0.692. The summed E-state index contributed by atoms with van der Waals surface area (Å²) >= 11 is 0. The van der Waals surface area contributed by atoms with Crippen molar-refractivity contribution in [2.24, 2.45) is 4.99 Å². The molecule has 1 aliphatic carbocycles. The molecule has 3 aromatic carbocycles. The van der Waals surface area contributed by atoms with Crippen LogP contribution < -0.4 is 9.47 Å². The molecule has 1 saturated carbocycles. The SMILES string of the molecule is O=C(Cc1cc2ccccc2c(-c2ccc3c(c2)C=NC3)n1)C1(c2ccc3c(c2)OC(F)(F)O3)CC1. The zero-order chi connectivity index (χ0) is 24.5. The summed E-state index contributed by atoms with van der Waals surface area (Å²) in [7, 11) is 0. The molecule has 1 fully saturated rings. The van der Waals surface area contributed by atoms with Crippen LogP contribution in [0.4, 0.5) is 8.78 Å². The summed E-state index contributed by atoms with van der Waals surface area (Å²) in [4.78, 5) is 22.9. The number of carbonyl (C=O) groups excluding carboxylic acids is 1. The topological polar surface area (TPSA) is 60.8 Å². The third-order valence-electron chi connectivity index (χ3n) is 7.28. The summed E-state index contributed by atoms with van der Waals surface area (Å²) < 4.78 is 36.1. The predicted octanol–water partition coefficient (Wildman–Crippen LogP) is 6.00. The highest BCUT2D eigenvalue weighted by molar-refractivity contribution is 5.98. The van der Waals surface area contributed by atoms with Gasteiger partial charge in [-0.1, -0.05) is 42.5 Å². The molecule has 0 saturated heterocycles. The van der Waals surface area contributed by atoms with Gasteiger partial charge in [0.15, 0.2) is 11.5 Å². The quantitative estimate of drug-likeness (QED) is 0.350. The molecule has 0 unspecified atom stereocenters. The maximum absolute atomic E-state index is 13.6. The van der Waals surface area contributed by atoms with Gasteiger partial charge >= 0.3 is 6.29 Å². The van der Waals surface area contributed by atoms with E-state index in [9.17, 15) is 13.6 Å². The lowest BCUT2D eigenvalue weighted by atomic mass is 9.88. The highest BCUT2D eigenvalue weighted by atomic mass is 19.3. The normalized spacial score (nSPS) is 17.8. The number of benzene rings is 3. The minimum absolute atomic E-state index is 0.0166. The van der Waals surface area contributed by atoms with Crippen molar-refractivity contribution in [2.75, 3.05) is 0 Å². The van der Waals surface area contributed by atoms with E-state index in [0.29, 0.717) is 30.6 Å². The van der Waals surface area contributed by atoms with Gasteiger partial charge < -0.3 is 9.47 Å². The lowest BCUT2D eigenvalue weighted by Gasteiger charge is -2.16. The molecule has 4 aromatic rings. The Balaban J connectivity index is 1.24. The number of rotatable bonds is 5. The van der Waals surface area contributed by atoms with Gasteiger partial charge in [-0.2, -0.15) is 0 Å². The number of Topliss-reactive ketones (excluding diaryl/α,β-unsaturated/α-hetero) is 1. The Kier molecular flexibility index (Phi) is 4.37. The van der Waals surface area contributed by atoms with Gasteiger partial charge in [0.25, 0.3) is 0 Å². The van der Waals surface area contributed by atoms with Crippen molar-refractivity contribution in [1.82, 2.24) is 4.98 Å². The first-order chi connectivity index (χ1) is 17.4. The summed E-state index contributed by atoms with van der Waals surface area (Å²) in [5, 5.41) is 2.02. The van der Waals surface area contributed by atoms with Crippen LogP contribution in [0.1, 0.15) is 35.2 Å². The minimum Gasteiger partial charge on any atom is -0.395 e. The van der Waals surface area contributed by atoms with Crippen molar-refractivity contribution in [3.8, 4) is 22.8 Å². The van der Waals surface area contributed by atoms with Crippen molar-refractivity contribution < 1.29 is 23.0 Å². The molecular formula is C29H20F2N2O3. The first kappa shape index (κ1) is 21.2. The van der Waals surface area contributed by atoms with E-state index in [-0.39, 0.29) is 23.7 Å². The molecule has 3 aliphatic rings. The third-order valence-corrected chi connectivity index (χ3v) is 7.28. The van der Waals surface area contributed by atoms with Gasteiger partial charge in [0, 0.05) is 29.3 Å². The Labute approximate surface area is 205 Å². The fraction of sp³-hybridized carbons (Fsp3) is 0.207. The minimum atomic E-state index is -3.68. The van der Waals surface area contributed by atoms with E-state index in [1.54, 1.807) is 6.07 Å². The number of ketones is 1. The van der Waals surface area contributed by atoms with Gasteiger partial charge in [-0.25, -0.2) is 0 Å². The van der Waals surface area contributed by atoms with Crippen molar-refractivity contribution in [2.45, 2.75) is 37.5 Å². The highest BCUT2D eigenvalue weighted by Gasteiger charge is 2.52. The van der Waals surface area contributed by atoms with Crippen LogP contribution in [-0.2, 0) is 23.2 Å². The maximum Gasteiger partial charge on any atom is 0.586 e. The van der Waals surface area contributed by atoms with Gasteiger partial charge in [0.2, 0.25) is 0 Å². The van der Waals surface area contributed by atoms with Crippen molar-refractivity contribution in [3.05, 3.63) is 89.1 Å². The number of hydrogen-bond acceptors (Lipinski definition) is 5. The van der Waals surface area contributed by atoms with Gasteiger partial charge in [0.1, 0.15) is 5.78 Å². The second-order valence-corrected chi connectivity index (χ2v) is 9.58. The molecule has 2 aliphatic heterocycles. The Morgan fingerprint density at radius 1 is 0.944 bits per heavy atom. The summed E-state index contributed by atoms with van der Waals surface area (Å²) in [5.41, 5.74) is 4.72. The Morgan fingerprint density at radius 3 is 2.64 bits per heavy atom. The molecule has 5 nitrogen and oxygen atoms in total. The second-order valence-electron chi connectivity index (χ2n) is 9.58. The highest BCUT2D eigenvalue weighted by Crippen LogP contribution is 2.52. The molecular weight excluding hydrogens is 462 g/mol. The van der Waals surface area contributed by atoms with Gasteiger partial charge in [-0.3, -0.25) is 14.8 Å². The average Bonchev–Trinajstić information content (AvgIpc) is 3.43. The number of pyridine rings is 1. The van der Waals surface area contributed by atoms with E-state index in [1.165, 1.54) is 17.7 Å². The summed E-state index contributed by atoms with van der Waals surface area (Å²) in [6, 6.07) is 20.8. The lowest BCUT2D eigenvalue weighted by molar-refractivity contribution is -0.286. The molecule has 0 atom stereocenters. The Bertz CT molecular complexity index is 1610. The van der Waals surface area contributed by atoms with Crippen LogP contribution in [0.5, 0.6) is 11.5 Å². The molecule has 0 radical (unpaired) electrons. The smallest absolute Gasteiger partial charge is 0.395 e. The van der Waals surface area contributed by atoms with E-state index in [4.69, 9.17) is 4.98 Å². The molecule has 178 valence electrons. The summed E-state index contributed by atoms with van der Waals surface area (Å²) in [6.07, 6.45) is -0.337. The van der Waals surface area contributed by atoms with Crippen LogP contribution in [-0.4, -0.2) is 23.3 Å². The van der Waals surface area contributed by atoms with Crippen LogP contribution in [0.15, 0.2) is 71.7 Å². The van der Waals surface area contributed by atoms with Crippen molar-refractivity contribution in [1.29, 1.82) is 0 Å². The fourth-order valence-corrected chi connectivity index (χ4v) is 5.25. The number of nitrogens with zero attached hydrogens (tertiary/aromatic N) is 2. The molecule has 7 heteroatoms. The number of fused-ring (bicyclic) bond motifs is 3. The maximum atomic E-state index is 13.6. The van der Waals surface area contributed by atoms with Gasteiger partial charge in [0.05, 0.1) is 17.7 Å². The van der Waals surface area contributed by atoms with E-state index in [1.807, 2.05) is 36.5 Å². The number of halogens is 2. The number of carbonyl (C=O) groups is 1. The average molecular weight is 482 g/mol. The molecule has 3 heterocycles. The van der Waals surface area contributed by atoms with Crippen molar-refractivity contribution in [3.63, 3.8) is 0 Å². The molecule has 36 heavy (non-hydrogen) atoms. The zero-order valence-electron chi connectivity index (χ0n) is 19.1. The number of ether oxygens (including phenoxy) is 2. The number of aliphatic imine (C=N–C) groups is 1. The van der Waals surface area contributed by atoms with Crippen LogP contribution in [0.2, 0.25) is 0 Å². The van der Waals surface area contributed by atoms with Crippen LogP contribution in [0.25, 0.3) is 22.0 Å². The number of alkyl halides is 2. The molecule has 0 N–H and O–H groups in total. The molecule has 0 amide bonds. The van der Waals surface area contributed by atoms with Crippen molar-refractivity contribution >= 4 is 22.8 Å². The zero-order valence-corrected chi connectivity index (χ0v) is 19.1. The first-order valence-corrected chi connectivity index (χ1v) is 11.9. The van der Waals surface area contributed by atoms with Crippen LogP contribution in [0, 0.1) is 0 Å². The monoisotopic (exact) mass is 482 g/mol. The first-order valence-electron chi connectivity index (χ1n) is 11.9. The van der Waals surface area contributed by atoms with E-state index in [0.717, 1.165) is 27.6 Å². The third kappa shape index (κ3) is 3.38. The summed E-state index contributed by atoms with van der Waals surface area (Å²) in [5.74, 6) is -0.0435. The van der Waals surface area contributed by atoms with E-state index >= 15 is 0 Å². The molecule has 1 aromatic heterocycles. The fourth-order valence-electron chi connectivity index (χ4n) is 5.25. The molecule has 0 spiro atoms. The predicted molar refractivity (Wildman–Crippen MR) is 131 cm³/mol. The van der Waals surface area contributed by atoms with Gasteiger partial charge in [-0.05, 0) is 59.2 Å². The van der Waals surface area contributed by atoms with Crippen LogP contribution in [0.3, 0.4) is 0 Å². The van der Waals surface area contributed by atoms with Gasteiger partial charge in [-0.15, -0.1) is 8.78 Å².